The molecule has 1 aromatic heterocycles. The summed E-state index contributed by atoms with van der Waals surface area (Å²) in [5, 5.41) is 4.39. The number of benzene rings is 2. The average Bonchev–Trinajstić information content (AvgIpc) is 3.37. The van der Waals surface area contributed by atoms with Crippen molar-refractivity contribution >= 4 is 5.91 Å². The second kappa shape index (κ2) is 6.51. The van der Waals surface area contributed by atoms with E-state index >= 15 is 0 Å². The molecule has 126 valence electrons. The third-order valence-electron chi connectivity index (χ3n) is 4.34. The molecular weight excluding hydrogens is 317 g/mol. The fraction of sp³-hybridized carbons (Fsp3) is 0.200. The molecule has 1 saturated carbocycles. The molecule has 0 unspecified atom stereocenters. The molecule has 0 N–H and O–H groups in total. The summed E-state index contributed by atoms with van der Waals surface area (Å²) in [6.45, 7) is 0.591. The minimum absolute atomic E-state index is 0.0628. The van der Waals surface area contributed by atoms with Gasteiger partial charge in [-0.1, -0.05) is 30.3 Å². The van der Waals surface area contributed by atoms with E-state index in [1.807, 2.05) is 35.2 Å². The highest BCUT2D eigenvalue weighted by Gasteiger charge is 2.33. The number of hydrogen-bond acceptors (Lipinski definition) is 2. The first-order valence-electron chi connectivity index (χ1n) is 8.37. The number of nitrogens with zero attached hydrogens (tertiary/aromatic N) is 3. The smallest absolute Gasteiger partial charge is 0.274 e. The first-order chi connectivity index (χ1) is 12.2. The zero-order valence-corrected chi connectivity index (χ0v) is 13.7. The number of hydrogen-bond donors (Lipinski definition) is 0. The van der Waals surface area contributed by atoms with Crippen molar-refractivity contribution in [3.05, 3.63) is 83.9 Å². The molecule has 25 heavy (non-hydrogen) atoms. The van der Waals surface area contributed by atoms with Gasteiger partial charge in [0.25, 0.3) is 5.91 Å². The van der Waals surface area contributed by atoms with Gasteiger partial charge in [-0.2, -0.15) is 5.10 Å². The Bertz CT molecular complexity index is 869. The van der Waals surface area contributed by atoms with E-state index in [1.165, 1.54) is 12.1 Å². The molecular formula is C20H18FN3O. The Morgan fingerprint density at radius 3 is 2.48 bits per heavy atom. The van der Waals surface area contributed by atoms with Gasteiger partial charge in [-0.3, -0.25) is 4.79 Å². The van der Waals surface area contributed by atoms with E-state index in [2.05, 4.69) is 5.10 Å². The Hall–Kier alpha value is -2.95. The van der Waals surface area contributed by atoms with E-state index < -0.39 is 0 Å². The Morgan fingerprint density at radius 1 is 1.08 bits per heavy atom. The highest BCUT2D eigenvalue weighted by atomic mass is 19.1. The zero-order valence-electron chi connectivity index (χ0n) is 13.7. The highest BCUT2D eigenvalue weighted by Crippen LogP contribution is 2.29. The quantitative estimate of drug-likeness (QED) is 0.711. The first-order valence-corrected chi connectivity index (χ1v) is 8.37. The molecule has 1 fully saturated rings. The zero-order chi connectivity index (χ0) is 17.2. The highest BCUT2D eigenvalue weighted by molar-refractivity contribution is 5.92. The standard InChI is InChI=1S/C20H18FN3O/c21-16-6-8-18(9-7-16)24-13-12-19(22-24)20(25)23(17-10-11-17)14-15-4-2-1-3-5-15/h1-9,12-13,17H,10-11,14H2. The summed E-state index contributed by atoms with van der Waals surface area (Å²) in [6.07, 6.45) is 3.81. The van der Waals surface area contributed by atoms with Gasteiger partial charge in [-0.25, -0.2) is 9.07 Å². The number of carbonyl (C=O) groups excluding carboxylic acids is 1. The Balaban J connectivity index is 1.55. The topological polar surface area (TPSA) is 38.1 Å². The van der Waals surface area contributed by atoms with Crippen LogP contribution < -0.4 is 0 Å². The first kappa shape index (κ1) is 15.6. The van der Waals surface area contributed by atoms with Crippen LogP contribution in [0.25, 0.3) is 5.69 Å². The van der Waals surface area contributed by atoms with E-state index in [0.29, 0.717) is 18.3 Å². The van der Waals surface area contributed by atoms with Gasteiger partial charge in [0.1, 0.15) is 5.82 Å². The summed E-state index contributed by atoms with van der Waals surface area (Å²) in [5.41, 5.74) is 2.24. The lowest BCUT2D eigenvalue weighted by molar-refractivity contribution is 0.0723. The Kier molecular flexibility index (Phi) is 4.06. The lowest BCUT2D eigenvalue weighted by Gasteiger charge is -2.21. The van der Waals surface area contributed by atoms with Crippen LogP contribution in [0.2, 0.25) is 0 Å². The molecule has 5 heteroatoms. The third kappa shape index (κ3) is 3.45. The van der Waals surface area contributed by atoms with E-state index in [0.717, 1.165) is 24.1 Å². The number of carbonyl (C=O) groups is 1. The molecule has 0 radical (unpaired) electrons. The second-order valence-corrected chi connectivity index (χ2v) is 6.27. The molecule has 4 rings (SSSR count). The number of rotatable bonds is 5. The van der Waals surface area contributed by atoms with Crippen molar-refractivity contribution in [1.29, 1.82) is 0 Å². The van der Waals surface area contributed by atoms with Crippen LogP contribution in [0.4, 0.5) is 4.39 Å². The predicted octanol–water partition coefficient (Wildman–Crippen LogP) is 3.82. The van der Waals surface area contributed by atoms with E-state index in [9.17, 15) is 9.18 Å². The molecule has 4 nitrogen and oxygen atoms in total. The van der Waals surface area contributed by atoms with Crippen molar-refractivity contribution in [1.82, 2.24) is 14.7 Å². The fourth-order valence-corrected chi connectivity index (χ4v) is 2.86. The van der Waals surface area contributed by atoms with Gasteiger partial charge >= 0.3 is 0 Å². The summed E-state index contributed by atoms with van der Waals surface area (Å²) in [5.74, 6) is -0.359. The van der Waals surface area contributed by atoms with Crippen LogP contribution in [0.5, 0.6) is 0 Å². The van der Waals surface area contributed by atoms with Crippen LogP contribution in [0.1, 0.15) is 28.9 Å². The summed E-state index contributed by atoms with van der Waals surface area (Å²) in [7, 11) is 0. The summed E-state index contributed by atoms with van der Waals surface area (Å²) in [4.78, 5) is 14.8. The van der Waals surface area contributed by atoms with Gasteiger partial charge in [0, 0.05) is 18.8 Å². The Labute approximate surface area is 145 Å². The number of halogens is 1. The molecule has 1 heterocycles. The fourth-order valence-electron chi connectivity index (χ4n) is 2.86. The van der Waals surface area contributed by atoms with Gasteiger partial charge in [-0.15, -0.1) is 0 Å². The molecule has 1 aliphatic carbocycles. The molecule has 0 atom stereocenters. The molecule has 0 bridgehead atoms. The normalized spacial score (nSPS) is 13.6. The van der Waals surface area contributed by atoms with Crippen molar-refractivity contribution in [2.45, 2.75) is 25.4 Å². The van der Waals surface area contributed by atoms with Crippen LogP contribution in [-0.4, -0.2) is 26.6 Å². The van der Waals surface area contributed by atoms with Gasteiger partial charge in [-0.05, 0) is 48.7 Å². The second-order valence-electron chi connectivity index (χ2n) is 6.27. The summed E-state index contributed by atoms with van der Waals surface area (Å²) < 4.78 is 14.7. The van der Waals surface area contributed by atoms with E-state index in [-0.39, 0.29) is 11.7 Å². The largest absolute Gasteiger partial charge is 0.330 e. The van der Waals surface area contributed by atoms with Crippen molar-refractivity contribution in [3.8, 4) is 5.69 Å². The molecule has 0 aliphatic heterocycles. The maximum atomic E-state index is 13.1. The van der Waals surface area contributed by atoms with Gasteiger partial charge in [0.05, 0.1) is 5.69 Å². The molecule has 3 aromatic rings. The van der Waals surface area contributed by atoms with Crippen LogP contribution in [0.3, 0.4) is 0 Å². The molecule has 0 spiro atoms. The van der Waals surface area contributed by atoms with Crippen LogP contribution in [0, 0.1) is 5.82 Å². The maximum Gasteiger partial charge on any atom is 0.274 e. The number of aromatic nitrogens is 2. The van der Waals surface area contributed by atoms with Gasteiger partial charge in [0.15, 0.2) is 5.69 Å². The monoisotopic (exact) mass is 335 g/mol. The summed E-state index contributed by atoms with van der Waals surface area (Å²) in [6, 6.07) is 18.0. The van der Waals surface area contributed by atoms with Crippen molar-refractivity contribution in [2.24, 2.45) is 0 Å². The SMILES string of the molecule is O=C(c1ccn(-c2ccc(F)cc2)n1)N(Cc1ccccc1)C1CC1. The van der Waals surface area contributed by atoms with Crippen molar-refractivity contribution < 1.29 is 9.18 Å². The van der Waals surface area contributed by atoms with E-state index in [4.69, 9.17) is 0 Å². The minimum Gasteiger partial charge on any atom is -0.330 e. The Morgan fingerprint density at radius 2 is 1.80 bits per heavy atom. The lowest BCUT2D eigenvalue weighted by atomic mass is 10.2. The predicted molar refractivity (Wildman–Crippen MR) is 92.9 cm³/mol. The molecule has 0 saturated heterocycles. The maximum absolute atomic E-state index is 13.1. The average molecular weight is 335 g/mol. The minimum atomic E-state index is -0.296. The van der Waals surface area contributed by atoms with Crippen LogP contribution in [-0.2, 0) is 6.54 Å². The molecule has 1 aliphatic rings. The van der Waals surface area contributed by atoms with Gasteiger partial charge in [0.2, 0.25) is 0 Å². The third-order valence-corrected chi connectivity index (χ3v) is 4.34. The van der Waals surface area contributed by atoms with Gasteiger partial charge < -0.3 is 4.90 Å². The van der Waals surface area contributed by atoms with Crippen molar-refractivity contribution in [2.75, 3.05) is 0 Å². The lowest BCUT2D eigenvalue weighted by Crippen LogP contribution is -2.33. The van der Waals surface area contributed by atoms with Crippen molar-refractivity contribution in [3.63, 3.8) is 0 Å². The molecule has 1 amide bonds. The van der Waals surface area contributed by atoms with Crippen LogP contribution in [0.15, 0.2) is 66.9 Å². The summed E-state index contributed by atoms with van der Waals surface area (Å²) >= 11 is 0. The molecule has 2 aromatic carbocycles. The van der Waals surface area contributed by atoms with E-state index in [1.54, 1.807) is 29.1 Å². The number of amides is 1. The van der Waals surface area contributed by atoms with Crippen LogP contribution >= 0.6 is 0 Å².